The van der Waals surface area contributed by atoms with Gasteiger partial charge in [-0.1, -0.05) is 24.3 Å². The quantitative estimate of drug-likeness (QED) is 0.592. The van der Waals surface area contributed by atoms with E-state index in [4.69, 9.17) is 14.2 Å². The standard InChI is InChI=1S/C18H24O4/c1-3-6-15(13-17(19)20-2)14-8-10-16(11-9-14)22-18-7-4-5-12-21-18/h3,6,8-11,15,18H,4-5,7,12-13H2,1-2H3. The van der Waals surface area contributed by atoms with E-state index in [-0.39, 0.29) is 18.2 Å². The molecule has 1 heterocycles. The Balaban J connectivity index is 2.00. The fourth-order valence-electron chi connectivity index (χ4n) is 2.54. The lowest BCUT2D eigenvalue weighted by Crippen LogP contribution is -2.24. The fourth-order valence-corrected chi connectivity index (χ4v) is 2.54. The van der Waals surface area contributed by atoms with E-state index < -0.39 is 0 Å². The number of hydrogen-bond acceptors (Lipinski definition) is 4. The zero-order valence-electron chi connectivity index (χ0n) is 13.3. The average Bonchev–Trinajstić information content (AvgIpc) is 2.56. The van der Waals surface area contributed by atoms with Gasteiger partial charge >= 0.3 is 5.97 Å². The van der Waals surface area contributed by atoms with Gasteiger partial charge in [0.2, 0.25) is 0 Å². The maximum Gasteiger partial charge on any atom is 0.306 e. The van der Waals surface area contributed by atoms with Crippen molar-refractivity contribution in [1.29, 1.82) is 0 Å². The van der Waals surface area contributed by atoms with Gasteiger partial charge in [0.05, 0.1) is 20.1 Å². The van der Waals surface area contributed by atoms with Gasteiger partial charge < -0.3 is 14.2 Å². The summed E-state index contributed by atoms with van der Waals surface area (Å²) >= 11 is 0. The Morgan fingerprint density at radius 1 is 1.36 bits per heavy atom. The second-order valence-corrected chi connectivity index (χ2v) is 5.40. The molecule has 4 heteroatoms. The molecule has 0 aliphatic carbocycles. The van der Waals surface area contributed by atoms with Crippen molar-refractivity contribution in [1.82, 2.24) is 0 Å². The maximum absolute atomic E-state index is 11.5. The number of hydrogen-bond donors (Lipinski definition) is 0. The molecule has 0 radical (unpaired) electrons. The molecule has 1 aromatic carbocycles. The van der Waals surface area contributed by atoms with E-state index >= 15 is 0 Å². The summed E-state index contributed by atoms with van der Waals surface area (Å²) in [5.41, 5.74) is 1.07. The van der Waals surface area contributed by atoms with Gasteiger partial charge in [0, 0.05) is 12.3 Å². The molecule has 0 N–H and O–H groups in total. The molecular formula is C18H24O4. The summed E-state index contributed by atoms with van der Waals surface area (Å²) in [5, 5.41) is 0. The van der Waals surface area contributed by atoms with Gasteiger partial charge in [-0.05, 0) is 37.5 Å². The largest absolute Gasteiger partial charge is 0.469 e. The number of carbonyl (C=O) groups excluding carboxylic acids is 1. The Hall–Kier alpha value is -1.81. The minimum absolute atomic E-state index is 0.0254. The van der Waals surface area contributed by atoms with Gasteiger partial charge in [0.1, 0.15) is 5.75 Å². The molecule has 4 nitrogen and oxygen atoms in total. The SMILES string of the molecule is CC=CC(CC(=O)OC)c1ccc(OC2CCCCO2)cc1. The molecule has 22 heavy (non-hydrogen) atoms. The maximum atomic E-state index is 11.5. The summed E-state index contributed by atoms with van der Waals surface area (Å²) in [6, 6.07) is 7.85. The Labute approximate surface area is 132 Å². The molecule has 1 fully saturated rings. The summed E-state index contributed by atoms with van der Waals surface area (Å²) in [7, 11) is 1.41. The van der Waals surface area contributed by atoms with Crippen LogP contribution in [0.5, 0.6) is 5.75 Å². The summed E-state index contributed by atoms with van der Waals surface area (Å²) in [4.78, 5) is 11.5. The van der Waals surface area contributed by atoms with Crippen LogP contribution in [-0.2, 0) is 14.3 Å². The van der Waals surface area contributed by atoms with Gasteiger partial charge in [-0.3, -0.25) is 4.79 Å². The lowest BCUT2D eigenvalue weighted by Gasteiger charge is -2.23. The molecule has 2 unspecified atom stereocenters. The highest BCUT2D eigenvalue weighted by atomic mass is 16.7. The predicted octanol–water partition coefficient (Wildman–Crippen LogP) is 3.81. The highest BCUT2D eigenvalue weighted by Crippen LogP contribution is 2.25. The summed E-state index contributed by atoms with van der Waals surface area (Å²) in [6.07, 6.45) is 7.35. The van der Waals surface area contributed by atoms with E-state index in [9.17, 15) is 4.79 Å². The van der Waals surface area contributed by atoms with Crippen LogP contribution in [0.3, 0.4) is 0 Å². The first-order valence-electron chi connectivity index (χ1n) is 7.80. The topological polar surface area (TPSA) is 44.8 Å². The van der Waals surface area contributed by atoms with Crippen LogP contribution in [-0.4, -0.2) is 26.0 Å². The minimum atomic E-state index is -0.209. The third kappa shape index (κ3) is 4.88. The third-order valence-corrected chi connectivity index (χ3v) is 3.75. The van der Waals surface area contributed by atoms with E-state index in [0.717, 1.165) is 37.2 Å². The van der Waals surface area contributed by atoms with Gasteiger partial charge in [0.25, 0.3) is 0 Å². The molecule has 1 aliphatic rings. The molecule has 2 rings (SSSR count). The first-order chi connectivity index (χ1) is 10.7. The molecule has 0 aromatic heterocycles. The van der Waals surface area contributed by atoms with Crippen LogP contribution in [0.15, 0.2) is 36.4 Å². The zero-order chi connectivity index (χ0) is 15.8. The van der Waals surface area contributed by atoms with E-state index in [1.807, 2.05) is 43.3 Å². The van der Waals surface area contributed by atoms with Crippen molar-refractivity contribution < 1.29 is 19.0 Å². The molecular weight excluding hydrogens is 280 g/mol. The smallest absolute Gasteiger partial charge is 0.306 e. The molecule has 2 atom stereocenters. The number of rotatable bonds is 6. The van der Waals surface area contributed by atoms with Gasteiger partial charge in [-0.15, -0.1) is 0 Å². The normalized spacial score (nSPS) is 19.8. The number of esters is 1. The van der Waals surface area contributed by atoms with Gasteiger partial charge in [-0.2, -0.15) is 0 Å². The van der Waals surface area contributed by atoms with Crippen molar-refractivity contribution in [2.45, 2.75) is 44.8 Å². The minimum Gasteiger partial charge on any atom is -0.469 e. The Morgan fingerprint density at radius 2 is 2.14 bits per heavy atom. The van der Waals surface area contributed by atoms with Gasteiger partial charge in [0.15, 0.2) is 6.29 Å². The zero-order valence-corrected chi connectivity index (χ0v) is 13.3. The van der Waals surface area contributed by atoms with Crippen molar-refractivity contribution >= 4 is 5.97 Å². The van der Waals surface area contributed by atoms with Crippen molar-refractivity contribution in [2.24, 2.45) is 0 Å². The van der Waals surface area contributed by atoms with E-state index in [1.54, 1.807) is 0 Å². The van der Waals surface area contributed by atoms with E-state index in [0.29, 0.717) is 6.42 Å². The molecule has 1 aliphatic heterocycles. The van der Waals surface area contributed by atoms with Crippen LogP contribution in [0.2, 0.25) is 0 Å². The lowest BCUT2D eigenvalue weighted by atomic mass is 9.95. The summed E-state index contributed by atoms with van der Waals surface area (Å²) < 4.78 is 16.1. The van der Waals surface area contributed by atoms with E-state index in [1.165, 1.54) is 7.11 Å². The monoisotopic (exact) mass is 304 g/mol. The second-order valence-electron chi connectivity index (χ2n) is 5.40. The number of benzene rings is 1. The molecule has 0 bridgehead atoms. The third-order valence-electron chi connectivity index (χ3n) is 3.75. The van der Waals surface area contributed by atoms with Crippen LogP contribution in [0, 0.1) is 0 Å². The molecule has 0 saturated carbocycles. The predicted molar refractivity (Wildman–Crippen MR) is 84.8 cm³/mol. The van der Waals surface area contributed by atoms with E-state index in [2.05, 4.69) is 0 Å². The van der Waals surface area contributed by atoms with Crippen molar-refractivity contribution in [3.05, 3.63) is 42.0 Å². The number of ether oxygens (including phenoxy) is 3. The molecule has 1 aromatic rings. The van der Waals surface area contributed by atoms with Crippen molar-refractivity contribution in [3.8, 4) is 5.75 Å². The van der Waals surface area contributed by atoms with Gasteiger partial charge in [-0.25, -0.2) is 0 Å². The molecule has 120 valence electrons. The Bertz CT molecular complexity index is 486. The summed E-state index contributed by atoms with van der Waals surface area (Å²) in [6.45, 7) is 2.72. The first kappa shape index (κ1) is 16.6. The van der Waals surface area contributed by atoms with Crippen LogP contribution >= 0.6 is 0 Å². The summed E-state index contributed by atoms with van der Waals surface area (Å²) in [5.74, 6) is 0.615. The van der Waals surface area contributed by atoms with Crippen LogP contribution in [0.1, 0.15) is 44.1 Å². The highest BCUT2D eigenvalue weighted by Gasteiger charge is 2.16. The number of allylic oxidation sites excluding steroid dienone is 2. The van der Waals surface area contributed by atoms with Crippen LogP contribution in [0.25, 0.3) is 0 Å². The molecule has 1 saturated heterocycles. The fraction of sp³-hybridized carbons (Fsp3) is 0.500. The lowest BCUT2D eigenvalue weighted by molar-refractivity contribution is -0.140. The number of carbonyl (C=O) groups is 1. The first-order valence-corrected chi connectivity index (χ1v) is 7.80. The Kier molecular flexibility index (Phi) is 6.46. The average molecular weight is 304 g/mol. The van der Waals surface area contributed by atoms with Crippen LogP contribution in [0.4, 0.5) is 0 Å². The molecule has 0 spiro atoms. The second kappa shape index (κ2) is 8.59. The van der Waals surface area contributed by atoms with Crippen molar-refractivity contribution in [3.63, 3.8) is 0 Å². The number of methoxy groups -OCH3 is 1. The highest BCUT2D eigenvalue weighted by molar-refractivity contribution is 5.70. The Morgan fingerprint density at radius 3 is 2.73 bits per heavy atom. The molecule has 0 amide bonds. The van der Waals surface area contributed by atoms with Crippen molar-refractivity contribution in [2.75, 3.05) is 13.7 Å². The van der Waals surface area contributed by atoms with Crippen LogP contribution < -0.4 is 4.74 Å².